The van der Waals surface area contributed by atoms with E-state index < -0.39 is 0 Å². The smallest absolute Gasteiger partial charge is 0.267 e. The fourth-order valence-electron chi connectivity index (χ4n) is 0.964. The summed E-state index contributed by atoms with van der Waals surface area (Å²) < 4.78 is 0. The molecule has 48 valence electrons. The maximum absolute atomic E-state index is 4.00. The van der Waals surface area contributed by atoms with Crippen LogP contribution >= 0.6 is 0 Å². The van der Waals surface area contributed by atoms with Crippen LogP contribution in [0.4, 0.5) is 0 Å². The van der Waals surface area contributed by atoms with Crippen LogP contribution in [0.25, 0.3) is 10.8 Å². The summed E-state index contributed by atoms with van der Waals surface area (Å²) in [5.74, 6) is 0. The van der Waals surface area contributed by atoms with Crippen molar-refractivity contribution in [2.45, 2.75) is 0 Å². The van der Waals surface area contributed by atoms with Gasteiger partial charge in [0.05, 0.1) is 0 Å². The van der Waals surface area contributed by atoms with E-state index in [0.717, 1.165) is 0 Å². The zero-order valence-electron chi connectivity index (χ0n) is 6.41. The van der Waals surface area contributed by atoms with Crippen LogP contribution < -0.4 is 29.6 Å². The first-order valence-corrected chi connectivity index (χ1v) is 3.17. The molecule has 0 amide bonds. The summed E-state index contributed by atoms with van der Waals surface area (Å²) in [6, 6.07) is 10.8. The van der Waals surface area contributed by atoms with Crippen LogP contribution in [0.2, 0.25) is 0 Å². The molecule has 1 aromatic carbocycles. The SMILES string of the molecule is [Na+].[c-]1ccc2cnccc2c1. The predicted molar refractivity (Wildman–Crippen MR) is 40.6 cm³/mol. The van der Waals surface area contributed by atoms with Gasteiger partial charge in [-0.2, -0.15) is 24.3 Å². The summed E-state index contributed by atoms with van der Waals surface area (Å²) in [7, 11) is 0. The van der Waals surface area contributed by atoms with Crippen molar-refractivity contribution in [2.24, 2.45) is 0 Å². The molecule has 0 fully saturated rings. The van der Waals surface area contributed by atoms with Crippen molar-refractivity contribution >= 4 is 10.8 Å². The number of aromatic nitrogens is 1. The third kappa shape index (κ3) is 1.80. The van der Waals surface area contributed by atoms with E-state index in [1.165, 1.54) is 10.8 Å². The molecular formula is C9H6NNa. The molecule has 0 aliphatic carbocycles. The van der Waals surface area contributed by atoms with Gasteiger partial charge in [0, 0.05) is 12.4 Å². The molecule has 0 aliphatic rings. The van der Waals surface area contributed by atoms with E-state index in [4.69, 9.17) is 0 Å². The second-order valence-corrected chi connectivity index (χ2v) is 2.15. The van der Waals surface area contributed by atoms with Gasteiger partial charge in [-0.05, 0) is 0 Å². The number of hydrogen-bond acceptors (Lipinski definition) is 1. The van der Waals surface area contributed by atoms with Crippen LogP contribution in [0.1, 0.15) is 0 Å². The van der Waals surface area contributed by atoms with Gasteiger partial charge in [0.2, 0.25) is 0 Å². The largest absolute Gasteiger partial charge is 1.00 e. The molecule has 2 rings (SSSR count). The van der Waals surface area contributed by atoms with Crippen molar-refractivity contribution in [3.05, 3.63) is 42.7 Å². The molecule has 0 aliphatic heterocycles. The molecule has 1 aromatic heterocycles. The molecule has 2 heteroatoms. The van der Waals surface area contributed by atoms with Crippen molar-refractivity contribution in [1.82, 2.24) is 4.98 Å². The van der Waals surface area contributed by atoms with Gasteiger partial charge in [0.25, 0.3) is 0 Å². The number of hydrogen-bond donors (Lipinski definition) is 0. The van der Waals surface area contributed by atoms with Gasteiger partial charge in [-0.1, -0.05) is 6.07 Å². The first kappa shape index (κ1) is 8.72. The number of pyridine rings is 1. The first-order chi connectivity index (χ1) is 4.97. The van der Waals surface area contributed by atoms with Gasteiger partial charge in [-0.25, -0.2) is 0 Å². The Morgan fingerprint density at radius 1 is 1.18 bits per heavy atom. The van der Waals surface area contributed by atoms with Gasteiger partial charge in [0.15, 0.2) is 0 Å². The van der Waals surface area contributed by atoms with Crippen molar-refractivity contribution < 1.29 is 29.6 Å². The first-order valence-electron chi connectivity index (χ1n) is 3.17. The van der Waals surface area contributed by atoms with Gasteiger partial charge < -0.3 is 0 Å². The number of nitrogens with zero attached hydrogens (tertiary/aromatic N) is 1. The summed E-state index contributed by atoms with van der Waals surface area (Å²) in [6.45, 7) is 0. The Bertz CT molecular complexity index is 281. The molecule has 1 nitrogen and oxygen atoms in total. The van der Waals surface area contributed by atoms with Crippen molar-refractivity contribution in [3.63, 3.8) is 0 Å². The van der Waals surface area contributed by atoms with Crippen LogP contribution in [-0.2, 0) is 0 Å². The van der Waals surface area contributed by atoms with E-state index >= 15 is 0 Å². The Hall–Kier alpha value is -0.370. The standard InChI is InChI=1S/C9H6N.Na/c1-2-4-9-7-10-6-5-8(9)3-1;/h2-7H;/q-1;+1. The third-order valence-electron chi connectivity index (χ3n) is 1.49. The van der Waals surface area contributed by atoms with Gasteiger partial charge in [-0.3, -0.25) is 4.98 Å². The third-order valence-corrected chi connectivity index (χ3v) is 1.49. The van der Waals surface area contributed by atoms with Crippen LogP contribution in [-0.4, -0.2) is 4.98 Å². The fourth-order valence-corrected chi connectivity index (χ4v) is 0.964. The Labute approximate surface area is 87.7 Å². The van der Waals surface area contributed by atoms with Gasteiger partial charge >= 0.3 is 29.6 Å². The van der Waals surface area contributed by atoms with E-state index in [1.54, 1.807) is 6.20 Å². The quantitative estimate of drug-likeness (QED) is 0.349. The Kier molecular flexibility index (Phi) is 3.06. The maximum atomic E-state index is 4.00. The molecule has 0 radical (unpaired) electrons. The molecule has 0 N–H and O–H groups in total. The minimum absolute atomic E-state index is 0. The summed E-state index contributed by atoms with van der Waals surface area (Å²) in [5, 5.41) is 2.36. The minimum Gasteiger partial charge on any atom is -0.267 e. The fraction of sp³-hybridized carbons (Fsp3) is 0. The average Bonchev–Trinajstić information content (AvgIpc) is 2.05. The summed E-state index contributed by atoms with van der Waals surface area (Å²) in [5.41, 5.74) is 0. The van der Waals surface area contributed by atoms with Gasteiger partial charge in [0.1, 0.15) is 0 Å². The minimum atomic E-state index is 0. The van der Waals surface area contributed by atoms with E-state index in [9.17, 15) is 0 Å². The van der Waals surface area contributed by atoms with Crippen molar-refractivity contribution in [2.75, 3.05) is 0 Å². The molecule has 0 unspecified atom stereocenters. The molecule has 2 aromatic rings. The van der Waals surface area contributed by atoms with E-state index in [0.29, 0.717) is 0 Å². The second-order valence-electron chi connectivity index (χ2n) is 2.15. The monoisotopic (exact) mass is 151 g/mol. The number of fused-ring (bicyclic) bond motifs is 1. The van der Waals surface area contributed by atoms with Crippen molar-refractivity contribution in [1.29, 1.82) is 0 Å². The average molecular weight is 151 g/mol. The molecule has 0 atom stereocenters. The molecule has 0 saturated heterocycles. The van der Waals surface area contributed by atoms with Crippen LogP contribution in [0.15, 0.2) is 36.7 Å². The summed E-state index contributed by atoms with van der Waals surface area (Å²) in [4.78, 5) is 4.00. The van der Waals surface area contributed by atoms with Gasteiger partial charge in [-0.15, -0.1) is 10.8 Å². The summed E-state index contributed by atoms with van der Waals surface area (Å²) >= 11 is 0. The maximum Gasteiger partial charge on any atom is 1.00 e. The molecule has 1 heterocycles. The van der Waals surface area contributed by atoms with Crippen LogP contribution in [0.5, 0.6) is 0 Å². The normalized spacial score (nSPS) is 9.09. The van der Waals surface area contributed by atoms with E-state index in [1.807, 2.05) is 30.5 Å². The van der Waals surface area contributed by atoms with E-state index in [2.05, 4.69) is 11.1 Å². The van der Waals surface area contributed by atoms with E-state index in [-0.39, 0.29) is 29.6 Å². The molecule has 0 spiro atoms. The second kappa shape index (κ2) is 3.86. The zero-order chi connectivity index (χ0) is 6.81. The van der Waals surface area contributed by atoms with Crippen LogP contribution in [0.3, 0.4) is 0 Å². The zero-order valence-corrected chi connectivity index (χ0v) is 8.41. The molecular weight excluding hydrogens is 145 g/mol. The molecule has 0 saturated carbocycles. The topological polar surface area (TPSA) is 12.9 Å². The summed E-state index contributed by atoms with van der Waals surface area (Å²) in [6.07, 6.45) is 3.64. The van der Waals surface area contributed by atoms with Crippen molar-refractivity contribution in [3.8, 4) is 0 Å². The molecule has 11 heavy (non-hydrogen) atoms. The number of benzene rings is 1. The Morgan fingerprint density at radius 3 is 2.91 bits per heavy atom. The predicted octanol–water partition coefficient (Wildman–Crippen LogP) is -0.961. The van der Waals surface area contributed by atoms with Crippen LogP contribution in [0, 0.1) is 6.07 Å². The Morgan fingerprint density at radius 2 is 2.09 bits per heavy atom. The Balaban J connectivity index is 0.000000605. The number of rotatable bonds is 0. The molecule has 0 bridgehead atoms.